The first-order valence-electron chi connectivity index (χ1n) is 4.22. The Morgan fingerprint density at radius 2 is 2.15 bits per heavy atom. The third-order valence-corrected chi connectivity index (χ3v) is 2.70. The zero-order chi connectivity index (χ0) is 9.68. The zero-order valence-corrected chi connectivity index (χ0v) is 8.90. The molecule has 0 spiro atoms. The number of hydrogen-bond donors (Lipinski definition) is 0. The van der Waals surface area contributed by atoms with Crippen LogP contribution in [0.15, 0.2) is 41.8 Å². The monoisotopic (exact) mass is 190 g/mol. The Hall–Kier alpha value is -0.950. The number of thioether (sulfide) groups is 1. The van der Waals surface area contributed by atoms with Gasteiger partial charge in [0.25, 0.3) is 0 Å². The van der Waals surface area contributed by atoms with Gasteiger partial charge in [0.2, 0.25) is 0 Å². The van der Waals surface area contributed by atoms with Crippen LogP contribution in [-0.2, 0) is 0 Å². The Morgan fingerprint density at radius 3 is 2.77 bits per heavy atom. The van der Waals surface area contributed by atoms with Gasteiger partial charge < -0.3 is 0 Å². The van der Waals surface area contributed by atoms with Gasteiger partial charge in [0.1, 0.15) is 0 Å². The van der Waals surface area contributed by atoms with Crippen LogP contribution >= 0.6 is 11.8 Å². The smallest absolute Gasteiger partial charge is 0.0144 e. The lowest BCUT2D eigenvalue weighted by atomic mass is 10.1. The van der Waals surface area contributed by atoms with E-state index in [0.29, 0.717) is 0 Å². The maximum Gasteiger partial charge on any atom is 0.0144 e. The summed E-state index contributed by atoms with van der Waals surface area (Å²) in [6, 6.07) is 6.36. The molecule has 13 heavy (non-hydrogen) atoms. The third kappa shape index (κ3) is 2.49. The Labute approximate surface area is 84.4 Å². The molecule has 0 atom stereocenters. The molecular formula is C12H14S. The van der Waals surface area contributed by atoms with Crippen molar-refractivity contribution in [2.24, 2.45) is 0 Å². The van der Waals surface area contributed by atoms with Crippen molar-refractivity contribution in [2.45, 2.75) is 11.8 Å². The van der Waals surface area contributed by atoms with Crippen LogP contribution in [0.3, 0.4) is 0 Å². The SMILES string of the molecule is C=C/C=C\c1c(C)cccc1SC. The van der Waals surface area contributed by atoms with E-state index < -0.39 is 0 Å². The van der Waals surface area contributed by atoms with E-state index in [-0.39, 0.29) is 0 Å². The summed E-state index contributed by atoms with van der Waals surface area (Å²) in [5, 5.41) is 0. The normalized spacial score (nSPS) is 10.6. The number of allylic oxidation sites excluding steroid dienone is 2. The van der Waals surface area contributed by atoms with Gasteiger partial charge in [0, 0.05) is 4.90 Å². The minimum Gasteiger partial charge on any atom is -0.129 e. The lowest BCUT2D eigenvalue weighted by molar-refractivity contribution is 1.33. The van der Waals surface area contributed by atoms with E-state index >= 15 is 0 Å². The maximum atomic E-state index is 3.67. The van der Waals surface area contributed by atoms with Crippen LogP contribution in [0.25, 0.3) is 6.08 Å². The predicted molar refractivity (Wildman–Crippen MR) is 62.2 cm³/mol. The molecule has 0 aliphatic rings. The predicted octanol–water partition coefficient (Wildman–Crippen LogP) is 3.92. The van der Waals surface area contributed by atoms with Crippen LogP contribution in [0.4, 0.5) is 0 Å². The van der Waals surface area contributed by atoms with Gasteiger partial charge in [0.15, 0.2) is 0 Å². The summed E-state index contributed by atoms with van der Waals surface area (Å²) >= 11 is 1.77. The lowest BCUT2D eigenvalue weighted by Gasteiger charge is -2.05. The highest BCUT2D eigenvalue weighted by Crippen LogP contribution is 2.24. The summed E-state index contributed by atoms with van der Waals surface area (Å²) in [6.07, 6.45) is 7.98. The quantitative estimate of drug-likeness (QED) is 0.514. The summed E-state index contributed by atoms with van der Waals surface area (Å²) < 4.78 is 0. The Morgan fingerprint density at radius 1 is 1.38 bits per heavy atom. The number of rotatable bonds is 3. The Kier molecular flexibility index (Phi) is 3.84. The highest BCUT2D eigenvalue weighted by atomic mass is 32.2. The van der Waals surface area contributed by atoms with Crippen LogP contribution in [0.2, 0.25) is 0 Å². The van der Waals surface area contributed by atoms with E-state index in [1.165, 1.54) is 16.0 Å². The highest BCUT2D eigenvalue weighted by molar-refractivity contribution is 7.98. The molecule has 0 radical (unpaired) electrons. The van der Waals surface area contributed by atoms with E-state index in [0.717, 1.165) is 0 Å². The van der Waals surface area contributed by atoms with Crippen molar-refractivity contribution in [3.63, 3.8) is 0 Å². The molecule has 0 aliphatic carbocycles. The molecule has 0 fully saturated rings. The first kappa shape index (κ1) is 10.1. The Balaban J connectivity index is 3.14. The average molecular weight is 190 g/mol. The molecule has 0 saturated carbocycles. The number of hydrogen-bond acceptors (Lipinski definition) is 1. The van der Waals surface area contributed by atoms with Gasteiger partial charge in [0.05, 0.1) is 0 Å². The minimum absolute atomic E-state index is 1.30. The highest BCUT2D eigenvalue weighted by Gasteiger charge is 1.99. The maximum absolute atomic E-state index is 3.67. The summed E-state index contributed by atoms with van der Waals surface area (Å²) in [6.45, 7) is 5.79. The first-order valence-corrected chi connectivity index (χ1v) is 5.44. The summed E-state index contributed by atoms with van der Waals surface area (Å²) in [5.41, 5.74) is 2.61. The molecule has 1 aromatic carbocycles. The fourth-order valence-electron chi connectivity index (χ4n) is 1.21. The molecule has 1 rings (SSSR count). The van der Waals surface area contributed by atoms with E-state index in [2.05, 4.69) is 44.0 Å². The molecule has 0 aromatic heterocycles. The largest absolute Gasteiger partial charge is 0.129 e. The molecule has 0 bridgehead atoms. The second kappa shape index (κ2) is 4.93. The van der Waals surface area contributed by atoms with Crippen molar-refractivity contribution in [1.82, 2.24) is 0 Å². The molecule has 68 valence electrons. The topological polar surface area (TPSA) is 0 Å². The van der Waals surface area contributed by atoms with E-state index in [9.17, 15) is 0 Å². The third-order valence-electron chi connectivity index (χ3n) is 1.90. The second-order valence-electron chi connectivity index (χ2n) is 2.79. The average Bonchev–Trinajstić information content (AvgIpc) is 2.15. The van der Waals surface area contributed by atoms with Gasteiger partial charge in [-0.15, -0.1) is 11.8 Å². The van der Waals surface area contributed by atoms with E-state index in [4.69, 9.17) is 0 Å². The van der Waals surface area contributed by atoms with Crippen LogP contribution < -0.4 is 0 Å². The van der Waals surface area contributed by atoms with Crippen molar-refractivity contribution in [3.8, 4) is 0 Å². The summed E-state index contributed by atoms with van der Waals surface area (Å²) in [7, 11) is 0. The van der Waals surface area contributed by atoms with Crippen molar-refractivity contribution in [1.29, 1.82) is 0 Å². The van der Waals surface area contributed by atoms with Crippen molar-refractivity contribution in [2.75, 3.05) is 6.26 Å². The van der Waals surface area contributed by atoms with Crippen LogP contribution in [-0.4, -0.2) is 6.26 Å². The molecule has 0 amide bonds. The standard InChI is InChI=1S/C12H14S/c1-4-5-8-11-10(2)7-6-9-12(11)13-3/h4-9H,1H2,2-3H3/b8-5-. The second-order valence-corrected chi connectivity index (χ2v) is 3.63. The number of benzene rings is 1. The van der Waals surface area contributed by atoms with Crippen molar-refractivity contribution < 1.29 is 0 Å². The van der Waals surface area contributed by atoms with Crippen LogP contribution in [0.5, 0.6) is 0 Å². The molecule has 0 unspecified atom stereocenters. The van der Waals surface area contributed by atoms with Gasteiger partial charge in [-0.05, 0) is 30.4 Å². The van der Waals surface area contributed by atoms with Crippen LogP contribution in [0.1, 0.15) is 11.1 Å². The first-order chi connectivity index (χ1) is 6.29. The van der Waals surface area contributed by atoms with Crippen LogP contribution in [0, 0.1) is 6.92 Å². The molecule has 0 heterocycles. The molecule has 1 heteroatoms. The summed E-state index contributed by atoms with van der Waals surface area (Å²) in [4.78, 5) is 1.32. The summed E-state index contributed by atoms with van der Waals surface area (Å²) in [5.74, 6) is 0. The fraction of sp³-hybridized carbons (Fsp3) is 0.167. The molecular weight excluding hydrogens is 176 g/mol. The van der Waals surface area contributed by atoms with Crippen molar-refractivity contribution in [3.05, 3.63) is 48.1 Å². The van der Waals surface area contributed by atoms with Gasteiger partial charge in [-0.1, -0.05) is 36.9 Å². The zero-order valence-electron chi connectivity index (χ0n) is 8.08. The Bertz CT molecular complexity index is 324. The number of aryl methyl sites for hydroxylation is 1. The van der Waals surface area contributed by atoms with E-state index in [1.54, 1.807) is 17.8 Å². The molecule has 0 saturated heterocycles. The van der Waals surface area contributed by atoms with Gasteiger partial charge >= 0.3 is 0 Å². The van der Waals surface area contributed by atoms with E-state index in [1.807, 2.05) is 6.08 Å². The molecule has 0 nitrogen and oxygen atoms in total. The van der Waals surface area contributed by atoms with Crippen molar-refractivity contribution >= 4 is 17.8 Å². The van der Waals surface area contributed by atoms with Gasteiger partial charge in [-0.3, -0.25) is 0 Å². The lowest BCUT2D eigenvalue weighted by Crippen LogP contribution is -1.83. The molecule has 0 aliphatic heterocycles. The fourth-order valence-corrected chi connectivity index (χ4v) is 1.87. The van der Waals surface area contributed by atoms with Gasteiger partial charge in [-0.25, -0.2) is 0 Å². The molecule has 0 N–H and O–H groups in total. The molecule has 1 aromatic rings. The minimum atomic E-state index is 1.30. The van der Waals surface area contributed by atoms with Gasteiger partial charge in [-0.2, -0.15) is 0 Å².